The van der Waals surface area contributed by atoms with Gasteiger partial charge in [-0.25, -0.2) is 0 Å². The summed E-state index contributed by atoms with van der Waals surface area (Å²) in [6.07, 6.45) is -0.201. The fourth-order valence-electron chi connectivity index (χ4n) is 4.30. The van der Waals surface area contributed by atoms with Crippen LogP contribution >= 0.6 is 11.6 Å². The number of hydrogen-bond donors (Lipinski definition) is 2. The summed E-state index contributed by atoms with van der Waals surface area (Å²) in [5.41, 5.74) is 3.71. The average Bonchev–Trinajstić information content (AvgIpc) is 2.98. The maximum Gasteiger partial charge on any atom is 0.305 e. The first-order valence-corrected chi connectivity index (χ1v) is 13.1. The van der Waals surface area contributed by atoms with Gasteiger partial charge in [0.15, 0.2) is 0 Å². The van der Waals surface area contributed by atoms with Crippen LogP contribution in [0.5, 0.6) is 5.75 Å². The Labute approximate surface area is 238 Å². The number of amides is 2. The fraction of sp³-hybridized carbons (Fsp3) is 0.156. The van der Waals surface area contributed by atoms with Gasteiger partial charge in [0.25, 0.3) is 11.8 Å². The summed E-state index contributed by atoms with van der Waals surface area (Å²) in [6.45, 7) is 0.557. The predicted octanol–water partition coefficient (Wildman–Crippen LogP) is 6.06. The third-order valence-corrected chi connectivity index (χ3v) is 6.65. The van der Waals surface area contributed by atoms with E-state index in [-0.39, 0.29) is 31.3 Å². The number of carboxylic acids is 1. The van der Waals surface area contributed by atoms with Crippen LogP contribution in [0.4, 0.5) is 0 Å². The first kappa shape index (κ1) is 28.4. The SMILES string of the molecule is COc1ccc(CN(CCC(=O)O)C(=O)c2ccccc2-c2ccccc2C(=O)NCc2ccc(Cl)cc2)cc1. The van der Waals surface area contributed by atoms with Crippen molar-refractivity contribution in [3.63, 3.8) is 0 Å². The molecule has 0 bridgehead atoms. The molecule has 204 valence electrons. The molecule has 0 spiro atoms. The van der Waals surface area contributed by atoms with Gasteiger partial charge in [0, 0.05) is 35.8 Å². The number of ether oxygens (including phenoxy) is 1. The van der Waals surface area contributed by atoms with Crippen LogP contribution in [0.1, 0.15) is 38.3 Å². The molecule has 0 aliphatic carbocycles. The second kappa shape index (κ2) is 13.4. The maximum atomic E-state index is 13.9. The molecule has 4 aromatic carbocycles. The monoisotopic (exact) mass is 556 g/mol. The molecule has 8 heteroatoms. The van der Waals surface area contributed by atoms with E-state index in [0.717, 1.165) is 11.1 Å². The third kappa shape index (κ3) is 7.27. The quantitative estimate of drug-likeness (QED) is 0.234. The first-order chi connectivity index (χ1) is 19.4. The van der Waals surface area contributed by atoms with E-state index in [1.807, 2.05) is 30.3 Å². The van der Waals surface area contributed by atoms with E-state index in [0.29, 0.717) is 39.6 Å². The van der Waals surface area contributed by atoms with Crippen molar-refractivity contribution in [1.29, 1.82) is 0 Å². The Kier molecular flexibility index (Phi) is 9.54. The number of halogens is 1. The Morgan fingerprint density at radius 1 is 0.800 bits per heavy atom. The van der Waals surface area contributed by atoms with Gasteiger partial charge in [0.1, 0.15) is 5.75 Å². The van der Waals surface area contributed by atoms with Gasteiger partial charge in [-0.1, -0.05) is 72.3 Å². The zero-order valence-corrected chi connectivity index (χ0v) is 22.7. The van der Waals surface area contributed by atoms with Crippen molar-refractivity contribution in [3.8, 4) is 16.9 Å². The van der Waals surface area contributed by atoms with Gasteiger partial charge < -0.3 is 20.1 Å². The van der Waals surface area contributed by atoms with Crippen LogP contribution in [0.3, 0.4) is 0 Å². The fourth-order valence-corrected chi connectivity index (χ4v) is 4.43. The van der Waals surface area contributed by atoms with Crippen molar-refractivity contribution in [2.24, 2.45) is 0 Å². The smallest absolute Gasteiger partial charge is 0.305 e. The highest BCUT2D eigenvalue weighted by atomic mass is 35.5. The van der Waals surface area contributed by atoms with Gasteiger partial charge in [-0.2, -0.15) is 0 Å². The molecule has 0 saturated heterocycles. The zero-order valence-electron chi connectivity index (χ0n) is 22.0. The molecule has 0 saturated carbocycles. The van der Waals surface area contributed by atoms with Crippen molar-refractivity contribution in [1.82, 2.24) is 10.2 Å². The molecule has 0 radical (unpaired) electrons. The van der Waals surface area contributed by atoms with Gasteiger partial charge in [0.05, 0.1) is 13.5 Å². The molecule has 0 aliphatic rings. The van der Waals surface area contributed by atoms with E-state index in [9.17, 15) is 19.5 Å². The Morgan fingerprint density at radius 2 is 1.38 bits per heavy atom. The van der Waals surface area contributed by atoms with Crippen molar-refractivity contribution >= 4 is 29.4 Å². The standard InChI is InChI=1S/C32H29ClN2O5/c1-40-25-16-12-23(13-17-25)21-35(19-18-30(36)37)32(39)29-9-5-3-7-27(29)26-6-2-4-8-28(26)31(38)34-20-22-10-14-24(33)15-11-22/h2-17H,18-21H2,1H3,(H,34,38)(H,36,37). The van der Waals surface area contributed by atoms with Crippen molar-refractivity contribution in [2.45, 2.75) is 19.5 Å². The van der Waals surface area contributed by atoms with E-state index >= 15 is 0 Å². The number of benzene rings is 4. The lowest BCUT2D eigenvalue weighted by Crippen LogP contribution is -2.33. The van der Waals surface area contributed by atoms with Gasteiger partial charge in [0.2, 0.25) is 0 Å². The average molecular weight is 557 g/mol. The molecule has 7 nitrogen and oxygen atoms in total. The van der Waals surface area contributed by atoms with Crippen LogP contribution in [-0.2, 0) is 17.9 Å². The Hall–Kier alpha value is -4.62. The third-order valence-electron chi connectivity index (χ3n) is 6.40. The van der Waals surface area contributed by atoms with E-state index in [4.69, 9.17) is 16.3 Å². The largest absolute Gasteiger partial charge is 0.497 e. The van der Waals surface area contributed by atoms with Crippen LogP contribution in [0.15, 0.2) is 97.1 Å². The van der Waals surface area contributed by atoms with Crippen molar-refractivity contribution in [2.75, 3.05) is 13.7 Å². The summed E-state index contributed by atoms with van der Waals surface area (Å²) < 4.78 is 5.22. The van der Waals surface area contributed by atoms with Crippen molar-refractivity contribution in [3.05, 3.63) is 124 Å². The highest BCUT2D eigenvalue weighted by Gasteiger charge is 2.23. The van der Waals surface area contributed by atoms with Crippen LogP contribution in [0, 0.1) is 0 Å². The van der Waals surface area contributed by atoms with E-state index in [1.54, 1.807) is 73.8 Å². The van der Waals surface area contributed by atoms with Crippen LogP contribution < -0.4 is 10.1 Å². The van der Waals surface area contributed by atoms with Gasteiger partial charge in [-0.15, -0.1) is 0 Å². The van der Waals surface area contributed by atoms with E-state index in [2.05, 4.69) is 5.32 Å². The summed E-state index contributed by atoms with van der Waals surface area (Å²) in [5.74, 6) is -0.926. The molecule has 4 rings (SSSR count). The van der Waals surface area contributed by atoms with Crippen LogP contribution in [0.2, 0.25) is 5.02 Å². The highest BCUT2D eigenvalue weighted by molar-refractivity contribution is 6.30. The number of carbonyl (C=O) groups is 3. The Morgan fingerprint density at radius 3 is 2.00 bits per heavy atom. The lowest BCUT2D eigenvalue weighted by atomic mass is 9.94. The van der Waals surface area contributed by atoms with Crippen LogP contribution in [0.25, 0.3) is 11.1 Å². The molecule has 0 aliphatic heterocycles. The number of nitrogens with zero attached hydrogens (tertiary/aromatic N) is 1. The second-order valence-corrected chi connectivity index (χ2v) is 9.56. The number of carboxylic acid groups (broad SMARTS) is 1. The number of aliphatic carboxylic acids is 1. The Bertz CT molecular complexity index is 1490. The van der Waals surface area contributed by atoms with Gasteiger partial charge in [-0.05, 0) is 58.7 Å². The van der Waals surface area contributed by atoms with Gasteiger partial charge >= 0.3 is 5.97 Å². The summed E-state index contributed by atoms with van der Waals surface area (Å²) in [6, 6.07) is 28.6. The number of rotatable bonds is 11. The van der Waals surface area contributed by atoms with Crippen molar-refractivity contribution < 1.29 is 24.2 Å². The normalized spacial score (nSPS) is 10.6. The number of methoxy groups -OCH3 is 1. The second-order valence-electron chi connectivity index (χ2n) is 9.12. The zero-order chi connectivity index (χ0) is 28.5. The summed E-state index contributed by atoms with van der Waals surface area (Å²) in [5, 5.41) is 12.9. The number of carbonyl (C=O) groups excluding carboxylic acids is 2. The maximum absolute atomic E-state index is 13.9. The summed E-state index contributed by atoms with van der Waals surface area (Å²) in [4.78, 5) is 40.0. The van der Waals surface area contributed by atoms with Gasteiger partial charge in [-0.3, -0.25) is 14.4 Å². The topological polar surface area (TPSA) is 95.9 Å². The summed E-state index contributed by atoms with van der Waals surface area (Å²) >= 11 is 5.96. The minimum Gasteiger partial charge on any atom is -0.497 e. The first-order valence-electron chi connectivity index (χ1n) is 12.7. The molecule has 4 aromatic rings. The molecule has 0 aromatic heterocycles. The summed E-state index contributed by atoms with van der Waals surface area (Å²) in [7, 11) is 1.57. The number of hydrogen-bond acceptors (Lipinski definition) is 4. The number of nitrogens with one attached hydrogen (secondary N) is 1. The molecular weight excluding hydrogens is 528 g/mol. The molecule has 0 atom stereocenters. The minimum atomic E-state index is -0.997. The molecule has 0 fully saturated rings. The van der Waals surface area contributed by atoms with E-state index in [1.165, 1.54) is 4.90 Å². The molecule has 0 heterocycles. The molecule has 2 N–H and O–H groups in total. The lowest BCUT2D eigenvalue weighted by molar-refractivity contribution is -0.137. The predicted molar refractivity (Wildman–Crippen MR) is 154 cm³/mol. The molecule has 40 heavy (non-hydrogen) atoms. The minimum absolute atomic E-state index is 0.0256. The van der Waals surface area contributed by atoms with E-state index < -0.39 is 5.97 Å². The highest BCUT2D eigenvalue weighted by Crippen LogP contribution is 2.29. The molecular formula is C32H29ClN2O5. The molecule has 2 amide bonds. The molecule has 0 unspecified atom stereocenters. The van der Waals surface area contributed by atoms with Crippen LogP contribution in [-0.4, -0.2) is 41.4 Å². The lowest BCUT2D eigenvalue weighted by Gasteiger charge is -2.24. The Balaban J connectivity index is 1.63.